The lowest BCUT2D eigenvalue weighted by Gasteiger charge is -2.36. The van der Waals surface area contributed by atoms with Gasteiger partial charge in [-0.1, -0.05) is 0 Å². The van der Waals surface area contributed by atoms with Crippen molar-refractivity contribution < 1.29 is 19.7 Å². The first-order valence-electron chi connectivity index (χ1n) is 8.04. The lowest BCUT2D eigenvalue weighted by atomic mass is 9.84. The van der Waals surface area contributed by atoms with Crippen LogP contribution in [-0.4, -0.2) is 42.9 Å². The van der Waals surface area contributed by atoms with Gasteiger partial charge < -0.3 is 19.7 Å². The molecule has 0 amide bonds. The Morgan fingerprint density at radius 2 is 1.54 bits per heavy atom. The van der Waals surface area contributed by atoms with Crippen LogP contribution < -0.4 is 9.47 Å². The van der Waals surface area contributed by atoms with Gasteiger partial charge in [0.15, 0.2) is 23.0 Å². The van der Waals surface area contributed by atoms with Crippen molar-refractivity contribution in [1.82, 2.24) is 4.90 Å². The molecule has 2 heterocycles. The zero-order valence-corrected chi connectivity index (χ0v) is 14.0. The van der Waals surface area contributed by atoms with Crippen LogP contribution in [0.2, 0.25) is 0 Å². The number of rotatable bonds is 2. The Morgan fingerprint density at radius 1 is 0.917 bits per heavy atom. The second-order valence-electron chi connectivity index (χ2n) is 6.59. The quantitative estimate of drug-likeness (QED) is 0.888. The number of hydrogen-bond acceptors (Lipinski definition) is 5. The number of likely N-dealkylation sites (N-methyl/N-ethyl adjacent to an activating group) is 1. The standard InChI is InChI=1S/C19H21NO4/c1-20-9-14-11-6-16(21)18(23-2)5-10(11)4-15(20)13-7-17(22)19(24-3)8-12(13)14/h5-8,14-15,21-22H,4,9H2,1-3H3. The Morgan fingerprint density at radius 3 is 2.21 bits per heavy atom. The predicted molar refractivity (Wildman–Crippen MR) is 90.2 cm³/mol. The molecule has 2 aromatic rings. The molecule has 1 aliphatic carbocycles. The van der Waals surface area contributed by atoms with Crippen LogP contribution in [-0.2, 0) is 6.42 Å². The van der Waals surface area contributed by atoms with Crippen molar-refractivity contribution in [1.29, 1.82) is 0 Å². The molecular formula is C19H21NO4. The molecule has 2 aromatic carbocycles. The van der Waals surface area contributed by atoms with E-state index in [-0.39, 0.29) is 23.5 Å². The Bertz CT molecular complexity index is 817. The number of methoxy groups -OCH3 is 2. The third-order valence-corrected chi connectivity index (χ3v) is 5.35. The number of aromatic hydroxyl groups is 2. The molecule has 0 aromatic heterocycles. The van der Waals surface area contributed by atoms with Crippen molar-refractivity contribution >= 4 is 0 Å². The second-order valence-corrected chi connectivity index (χ2v) is 6.59. The van der Waals surface area contributed by atoms with Crippen LogP contribution in [0.25, 0.3) is 0 Å². The minimum absolute atomic E-state index is 0.130. The monoisotopic (exact) mass is 327 g/mol. The maximum absolute atomic E-state index is 10.2. The Balaban J connectivity index is 1.95. The highest BCUT2D eigenvalue weighted by Gasteiger charge is 2.38. The fourth-order valence-electron chi connectivity index (χ4n) is 4.14. The molecule has 0 spiro atoms. The number of fused-ring (bicyclic) bond motifs is 1. The van der Waals surface area contributed by atoms with Crippen LogP contribution in [0, 0.1) is 0 Å². The molecular weight excluding hydrogens is 306 g/mol. The minimum atomic E-state index is 0.130. The number of nitrogens with zero attached hydrogens (tertiary/aromatic N) is 1. The topological polar surface area (TPSA) is 62.2 Å². The SMILES string of the molecule is COc1cc2c(cc1O)C1CN(C)C(C2)c2cc(O)c(OC)cc21. The number of hydrogen-bond donors (Lipinski definition) is 2. The molecule has 2 bridgehead atoms. The van der Waals surface area contributed by atoms with Crippen LogP contribution in [0.3, 0.4) is 0 Å². The molecule has 2 N–H and O–H groups in total. The fraction of sp³-hybridized carbons (Fsp3) is 0.368. The molecule has 5 heteroatoms. The maximum atomic E-state index is 10.2. The molecule has 2 unspecified atom stereocenters. The number of benzene rings is 2. The summed E-state index contributed by atoms with van der Waals surface area (Å²) in [5.41, 5.74) is 4.59. The molecule has 0 radical (unpaired) electrons. The van der Waals surface area contributed by atoms with Crippen LogP contribution in [0.5, 0.6) is 23.0 Å². The van der Waals surface area contributed by atoms with Gasteiger partial charge in [-0.2, -0.15) is 0 Å². The van der Waals surface area contributed by atoms with Gasteiger partial charge in [0, 0.05) is 18.5 Å². The van der Waals surface area contributed by atoms with Crippen molar-refractivity contribution in [2.75, 3.05) is 27.8 Å². The van der Waals surface area contributed by atoms with Gasteiger partial charge in [-0.25, -0.2) is 0 Å². The van der Waals surface area contributed by atoms with Crippen molar-refractivity contribution in [2.24, 2.45) is 0 Å². The predicted octanol–water partition coefficient (Wildman–Crippen LogP) is 2.79. The first-order valence-corrected chi connectivity index (χ1v) is 8.04. The Hall–Kier alpha value is -2.40. The smallest absolute Gasteiger partial charge is 0.160 e. The molecule has 3 aliphatic rings. The first-order chi connectivity index (χ1) is 11.5. The van der Waals surface area contributed by atoms with E-state index in [1.54, 1.807) is 14.2 Å². The molecule has 5 rings (SSSR count). The van der Waals surface area contributed by atoms with E-state index < -0.39 is 0 Å². The zero-order valence-electron chi connectivity index (χ0n) is 14.0. The van der Waals surface area contributed by atoms with Gasteiger partial charge in [-0.3, -0.25) is 4.90 Å². The molecule has 24 heavy (non-hydrogen) atoms. The molecule has 126 valence electrons. The summed E-state index contributed by atoms with van der Waals surface area (Å²) in [5.74, 6) is 1.45. The van der Waals surface area contributed by atoms with Gasteiger partial charge >= 0.3 is 0 Å². The molecule has 5 nitrogen and oxygen atoms in total. The Kier molecular flexibility index (Phi) is 3.35. The summed E-state index contributed by atoms with van der Waals surface area (Å²) in [7, 11) is 5.23. The first kappa shape index (κ1) is 15.1. The summed E-state index contributed by atoms with van der Waals surface area (Å²) < 4.78 is 10.6. The van der Waals surface area contributed by atoms with Gasteiger partial charge in [-0.05, 0) is 60.0 Å². The lowest BCUT2D eigenvalue weighted by molar-refractivity contribution is 0.226. The average Bonchev–Trinajstić information content (AvgIpc) is 2.77. The summed E-state index contributed by atoms with van der Waals surface area (Å²) >= 11 is 0. The third kappa shape index (κ3) is 2.04. The molecule has 0 saturated heterocycles. The molecule has 2 atom stereocenters. The van der Waals surface area contributed by atoms with E-state index >= 15 is 0 Å². The largest absolute Gasteiger partial charge is 0.504 e. The highest BCUT2D eigenvalue weighted by Crippen LogP contribution is 2.50. The van der Waals surface area contributed by atoms with E-state index in [1.165, 1.54) is 5.56 Å². The molecule has 0 fully saturated rings. The fourth-order valence-corrected chi connectivity index (χ4v) is 4.14. The summed E-state index contributed by atoms with van der Waals surface area (Å²) in [4.78, 5) is 2.31. The Labute approximate surface area is 141 Å². The van der Waals surface area contributed by atoms with Crippen LogP contribution in [0.4, 0.5) is 0 Å². The van der Waals surface area contributed by atoms with Gasteiger partial charge in [0.2, 0.25) is 0 Å². The van der Waals surface area contributed by atoms with Gasteiger partial charge in [-0.15, -0.1) is 0 Å². The average molecular weight is 327 g/mol. The van der Waals surface area contributed by atoms with Gasteiger partial charge in [0.05, 0.1) is 14.2 Å². The van der Waals surface area contributed by atoms with Crippen LogP contribution in [0.15, 0.2) is 24.3 Å². The van der Waals surface area contributed by atoms with Crippen molar-refractivity contribution in [3.63, 3.8) is 0 Å². The molecule has 2 aliphatic heterocycles. The van der Waals surface area contributed by atoms with Crippen LogP contribution >= 0.6 is 0 Å². The maximum Gasteiger partial charge on any atom is 0.160 e. The summed E-state index contributed by atoms with van der Waals surface area (Å²) in [6.07, 6.45) is 0.817. The van der Waals surface area contributed by atoms with Gasteiger partial charge in [0.25, 0.3) is 0 Å². The summed E-state index contributed by atoms with van der Waals surface area (Å²) in [6.45, 7) is 0.865. The highest BCUT2D eigenvalue weighted by molar-refractivity contribution is 5.58. The number of phenols is 2. The van der Waals surface area contributed by atoms with Crippen molar-refractivity contribution in [3.05, 3.63) is 46.5 Å². The highest BCUT2D eigenvalue weighted by atomic mass is 16.5. The zero-order chi connectivity index (χ0) is 17.0. The molecule has 0 saturated carbocycles. The van der Waals surface area contributed by atoms with E-state index in [1.807, 2.05) is 24.3 Å². The van der Waals surface area contributed by atoms with E-state index in [0.29, 0.717) is 11.5 Å². The second kappa shape index (κ2) is 5.31. The normalized spacial score (nSPS) is 21.8. The third-order valence-electron chi connectivity index (χ3n) is 5.35. The lowest BCUT2D eigenvalue weighted by Crippen LogP contribution is -2.33. The summed E-state index contributed by atoms with van der Waals surface area (Å²) in [6, 6.07) is 7.70. The van der Waals surface area contributed by atoms with E-state index in [0.717, 1.165) is 29.7 Å². The minimum Gasteiger partial charge on any atom is -0.504 e. The van der Waals surface area contributed by atoms with E-state index in [4.69, 9.17) is 9.47 Å². The van der Waals surface area contributed by atoms with Crippen LogP contribution in [0.1, 0.15) is 34.2 Å². The van der Waals surface area contributed by atoms with E-state index in [2.05, 4.69) is 11.9 Å². The number of phenolic OH excluding ortho intramolecular Hbond substituents is 2. The van der Waals surface area contributed by atoms with Gasteiger partial charge in [0.1, 0.15) is 0 Å². The number of ether oxygens (including phenoxy) is 2. The van der Waals surface area contributed by atoms with E-state index in [9.17, 15) is 10.2 Å². The summed E-state index contributed by atoms with van der Waals surface area (Å²) in [5, 5.41) is 20.5. The van der Waals surface area contributed by atoms with Crippen molar-refractivity contribution in [2.45, 2.75) is 18.4 Å². The van der Waals surface area contributed by atoms with Crippen molar-refractivity contribution in [3.8, 4) is 23.0 Å².